The van der Waals surface area contributed by atoms with E-state index >= 15 is 0 Å². The quantitative estimate of drug-likeness (QED) is 0.868. The van der Waals surface area contributed by atoms with Gasteiger partial charge < -0.3 is 10.2 Å². The van der Waals surface area contributed by atoms with Gasteiger partial charge >= 0.3 is 0 Å². The lowest BCUT2D eigenvalue weighted by molar-refractivity contribution is -0.136. The Kier molecular flexibility index (Phi) is 4.51. The Morgan fingerprint density at radius 1 is 0.952 bits per heavy atom. The summed E-state index contributed by atoms with van der Waals surface area (Å²) in [5.41, 5.74) is 0. The van der Waals surface area contributed by atoms with Crippen LogP contribution < -0.4 is 5.32 Å². The molecule has 3 aliphatic rings. The second-order valence-electron chi connectivity index (χ2n) is 7.35. The number of hydrogen-bond donors (Lipinski definition) is 1. The van der Waals surface area contributed by atoms with Gasteiger partial charge in [0.1, 0.15) is 0 Å². The zero-order chi connectivity index (χ0) is 14.8. The van der Waals surface area contributed by atoms with E-state index in [1.54, 1.807) is 0 Å². The molecule has 4 nitrogen and oxygen atoms in total. The van der Waals surface area contributed by atoms with E-state index in [1.165, 1.54) is 12.8 Å². The maximum atomic E-state index is 12.4. The third kappa shape index (κ3) is 3.78. The first kappa shape index (κ1) is 14.9. The zero-order valence-corrected chi connectivity index (χ0v) is 13.1. The minimum absolute atomic E-state index is 0.116. The van der Waals surface area contributed by atoms with E-state index < -0.39 is 0 Å². The summed E-state index contributed by atoms with van der Waals surface area (Å²) >= 11 is 0. The van der Waals surface area contributed by atoms with Crippen LogP contribution >= 0.6 is 0 Å². The molecule has 2 unspecified atom stereocenters. The van der Waals surface area contributed by atoms with Crippen LogP contribution in [0, 0.1) is 17.8 Å². The van der Waals surface area contributed by atoms with Gasteiger partial charge in [-0.05, 0) is 44.4 Å². The number of carbonyl (C=O) groups is 2. The number of hydrogen-bond acceptors (Lipinski definition) is 2. The molecule has 2 saturated carbocycles. The number of carbonyl (C=O) groups excluding carboxylic acids is 2. The van der Waals surface area contributed by atoms with Gasteiger partial charge in [-0.1, -0.05) is 19.8 Å². The van der Waals surface area contributed by atoms with Gasteiger partial charge in [-0.15, -0.1) is 0 Å². The van der Waals surface area contributed by atoms with Gasteiger partial charge in [-0.2, -0.15) is 0 Å². The van der Waals surface area contributed by atoms with Crippen LogP contribution in [0.3, 0.4) is 0 Å². The number of rotatable bonds is 3. The fraction of sp³-hybridized carbons (Fsp3) is 0.882. The van der Waals surface area contributed by atoms with Crippen molar-refractivity contribution < 1.29 is 9.59 Å². The molecule has 0 spiro atoms. The smallest absolute Gasteiger partial charge is 0.225 e. The Bertz CT molecular complexity index is 398. The average Bonchev–Trinajstić information content (AvgIpc) is 3.31. The molecule has 0 aromatic heterocycles. The predicted octanol–water partition coefficient (Wildman–Crippen LogP) is 2.33. The lowest BCUT2D eigenvalue weighted by Gasteiger charge is -2.33. The predicted molar refractivity (Wildman–Crippen MR) is 81.6 cm³/mol. The number of piperidine rings is 1. The van der Waals surface area contributed by atoms with Crippen LogP contribution in [0.1, 0.15) is 58.3 Å². The maximum absolute atomic E-state index is 12.4. The third-order valence-electron chi connectivity index (χ3n) is 5.39. The summed E-state index contributed by atoms with van der Waals surface area (Å²) in [5.74, 6) is 1.72. The summed E-state index contributed by atoms with van der Waals surface area (Å²) in [7, 11) is 0. The number of amides is 2. The van der Waals surface area contributed by atoms with Gasteiger partial charge in [0.25, 0.3) is 0 Å². The van der Waals surface area contributed by atoms with Crippen LogP contribution in [0.4, 0.5) is 0 Å². The lowest BCUT2D eigenvalue weighted by Crippen LogP contribution is -2.46. The van der Waals surface area contributed by atoms with Crippen molar-refractivity contribution in [2.45, 2.75) is 64.3 Å². The molecular weight excluding hydrogens is 264 g/mol. The molecule has 3 fully saturated rings. The average molecular weight is 292 g/mol. The van der Waals surface area contributed by atoms with Crippen molar-refractivity contribution in [2.75, 3.05) is 13.1 Å². The normalized spacial score (nSPS) is 31.0. The van der Waals surface area contributed by atoms with Crippen LogP contribution in [0.15, 0.2) is 0 Å². The summed E-state index contributed by atoms with van der Waals surface area (Å²) in [5, 5.41) is 3.26. The molecule has 0 aromatic carbocycles. The summed E-state index contributed by atoms with van der Waals surface area (Å²) in [6.45, 7) is 3.82. The van der Waals surface area contributed by atoms with E-state index in [4.69, 9.17) is 0 Å². The monoisotopic (exact) mass is 292 g/mol. The van der Waals surface area contributed by atoms with E-state index in [0.29, 0.717) is 17.9 Å². The van der Waals surface area contributed by atoms with Crippen LogP contribution in [0.2, 0.25) is 0 Å². The van der Waals surface area contributed by atoms with Gasteiger partial charge in [0.05, 0.1) is 0 Å². The molecule has 2 aliphatic carbocycles. The van der Waals surface area contributed by atoms with Crippen molar-refractivity contribution in [3.05, 3.63) is 0 Å². The van der Waals surface area contributed by atoms with Crippen LogP contribution in [-0.2, 0) is 9.59 Å². The highest BCUT2D eigenvalue weighted by molar-refractivity contribution is 5.82. The Labute approximate surface area is 127 Å². The molecule has 3 rings (SSSR count). The Hall–Kier alpha value is -1.06. The minimum atomic E-state index is 0.116. The highest BCUT2D eigenvalue weighted by Crippen LogP contribution is 2.32. The highest BCUT2D eigenvalue weighted by atomic mass is 16.2. The van der Waals surface area contributed by atoms with Gasteiger partial charge in [0.2, 0.25) is 11.8 Å². The largest absolute Gasteiger partial charge is 0.353 e. The molecule has 2 atom stereocenters. The van der Waals surface area contributed by atoms with Crippen molar-refractivity contribution in [2.24, 2.45) is 17.8 Å². The molecule has 1 N–H and O–H groups in total. The molecule has 0 bridgehead atoms. The summed E-state index contributed by atoms with van der Waals surface area (Å²) < 4.78 is 0. The molecule has 0 aromatic rings. The molecule has 0 radical (unpaired) electrons. The molecule has 21 heavy (non-hydrogen) atoms. The molecule has 118 valence electrons. The Morgan fingerprint density at radius 2 is 1.67 bits per heavy atom. The van der Waals surface area contributed by atoms with E-state index in [-0.39, 0.29) is 11.8 Å². The van der Waals surface area contributed by atoms with Gasteiger partial charge in [0, 0.05) is 31.0 Å². The van der Waals surface area contributed by atoms with E-state index in [1.807, 2.05) is 4.90 Å². The Balaban J connectivity index is 1.43. The molecule has 4 heteroatoms. The van der Waals surface area contributed by atoms with Crippen molar-refractivity contribution >= 4 is 11.8 Å². The number of nitrogens with zero attached hydrogens (tertiary/aromatic N) is 1. The first-order chi connectivity index (χ1) is 10.1. The van der Waals surface area contributed by atoms with Crippen molar-refractivity contribution in [1.82, 2.24) is 10.2 Å². The number of nitrogens with one attached hydrogen (secondary N) is 1. The van der Waals surface area contributed by atoms with Crippen molar-refractivity contribution in [3.8, 4) is 0 Å². The fourth-order valence-corrected chi connectivity index (χ4v) is 3.83. The van der Waals surface area contributed by atoms with Gasteiger partial charge in [-0.25, -0.2) is 0 Å². The third-order valence-corrected chi connectivity index (χ3v) is 5.39. The molecular formula is C17H28N2O2. The molecule has 1 heterocycles. The van der Waals surface area contributed by atoms with Crippen LogP contribution in [0.5, 0.6) is 0 Å². The molecule has 1 aliphatic heterocycles. The first-order valence-corrected chi connectivity index (χ1v) is 8.72. The van der Waals surface area contributed by atoms with Crippen molar-refractivity contribution in [1.29, 1.82) is 0 Å². The minimum Gasteiger partial charge on any atom is -0.353 e. The zero-order valence-electron chi connectivity index (χ0n) is 13.1. The summed E-state index contributed by atoms with van der Waals surface area (Å²) in [6, 6.07) is 0.382. The summed E-state index contributed by atoms with van der Waals surface area (Å²) in [6.07, 6.45) is 8.62. The standard InChI is InChI=1S/C17H28N2O2/c1-12-3-2-4-15(11-12)18-16(20)13-7-9-19(10-8-13)17(21)14-5-6-14/h12-15H,2-11H2,1H3,(H,18,20). The second kappa shape index (κ2) is 6.37. The van der Waals surface area contributed by atoms with Gasteiger partial charge in [0.15, 0.2) is 0 Å². The SMILES string of the molecule is CC1CCCC(NC(=O)C2CCN(C(=O)C3CC3)CC2)C1. The topological polar surface area (TPSA) is 49.4 Å². The van der Waals surface area contributed by atoms with Crippen LogP contribution in [-0.4, -0.2) is 35.8 Å². The van der Waals surface area contributed by atoms with Crippen LogP contribution in [0.25, 0.3) is 0 Å². The van der Waals surface area contributed by atoms with Crippen molar-refractivity contribution in [3.63, 3.8) is 0 Å². The Morgan fingerprint density at radius 3 is 2.29 bits per heavy atom. The number of likely N-dealkylation sites (tertiary alicyclic amines) is 1. The second-order valence-corrected chi connectivity index (χ2v) is 7.35. The van der Waals surface area contributed by atoms with Gasteiger partial charge in [-0.3, -0.25) is 9.59 Å². The van der Waals surface area contributed by atoms with E-state index in [2.05, 4.69) is 12.2 Å². The maximum Gasteiger partial charge on any atom is 0.225 e. The molecule has 2 amide bonds. The fourth-order valence-electron chi connectivity index (χ4n) is 3.83. The first-order valence-electron chi connectivity index (χ1n) is 8.72. The molecule has 1 saturated heterocycles. The summed E-state index contributed by atoms with van der Waals surface area (Å²) in [4.78, 5) is 26.4. The van der Waals surface area contributed by atoms with E-state index in [0.717, 1.165) is 57.5 Å². The highest BCUT2D eigenvalue weighted by Gasteiger charge is 2.36. The lowest BCUT2D eigenvalue weighted by atomic mass is 9.86. The van der Waals surface area contributed by atoms with E-state index in [9.17, 15) is 9.59 Å².